The summed E-state index contributed by atoms with van der Waals surface area (Å²) in [6, 6.07) is 18.4. The molecule has 0 spiro atoms. The number of likely N-dealkylation sites (N-methyl/N-ethyl adjacent to an activating group) is 1. The third kappa shape index (κ3) is 13.9. The van der Waals surface area contributed by atoms with Gasteiger partial charge in [-0.3, -0.25) is 0 Å². The summed E-state index contributed by atoms with van der Waals surface area (Å²) in [5, 5.41) is 0. The molecule has 4 nitrogen and oxygen atoms in total. The van der Waals surface area contributed by atoms with Gasteiger partial charge in [0, 0.05) is 18.4 Å². The predicted octanol–water partition coefficient (Wildman–Crippen LogP) is 10.0. The molecule has 2 aromatic rings. The molecule has 0 aliphatic rings. The largest absolute Gasteiger partial charge is 0.455 e. The second kappa shape index (κ2) is 20.5. The van der Waals surface area contributed by atoms with E-state index in [1.54, 1.807) is 0 Å². The van der Waals surface area contributed by atoms with Gasteiger partial charge < -0.3 is 14.0 Å². The van der Waals surface area contributed by atoms with Crippen molar-refractivity contribution in [3.8, 4) is 5.75 Å². The average Bonchev–Trinajstić information content (AvgIpc) is 2.97. The molecule has 2 unspecified atom stereocenters. The number of quaternary nitrogens is 1. The Morgan fingerprint density at radius 3 is 1.85 bits per heavy atom. The number of hydrogen-bond acceptors (Lipinski definition) is 3. The van der Waals surface area contributed by atoms with Crippen LogP contribution in [0.25, 0.3) is 0 Å². The predicted molar refractivity (Wildman–Crippen MR) is 173 cm³/mol. The van der Waals surface area contributed by atoms with Gasteiger partial charge in [0.1, 0.15) is 12.3 Å². The Balaban J connectivity index is 1.82. The number of nitrogens with zero attached hydrogens (tertiary/aromatic N) is 1. The van der Waals surface area contributed by atoms with Gasteiger partial charge >= 0.3 is 5.97 Å². The highest BCUT2D eigenvalue weighted by Crippen LogP contribution is 2.25. The summed E-state index contributed by atoms with van der Waals surface area (Å²) < 4.78 is 12.9. The van der Waals surface area contributed by atoms with Gasteiger partial charge in [0.05, 0.1) is 14.1 Å². The van der Waals surface area contributed by atoms with Crippen LogP contribution in [-0.2, 0) is 22.5 Å². The van der Waals surface area contributed by atoms with Crippen molar-refractivity contribution in [2.75, 3.05) is 14.1 Å². The number of hydrogen-bond donors (Lipinski definition) is 0. The van der Waals surface area contributed by atoms with Gasteiger partial charge in [-0.05, 0) is 30.9 Å². The van der Waals surface area contributed by atoms with E-state index in [4.69, 9.17) is 9.47 Å². The number of rotatable bonds is 23. The molecule has 0 N–H and O–H groups in total. The minimum absolute atomic E-state index is 0.168. The molecule has 0 amide bonds. The smallest absolute Gasteiger partial charge is 0.368 e. The van der Waals surface area contributed by atoms with Crippen LogP contribution >= 0.6 is 0 Å². The molecule has 0 aromatic heterocycles. The first-order valence-electron chi connectivity index (χ1n) is 16.7. The first kappa shape index (κ1) is 34.9. The average molecular weight is 567 g/mol. The summed E-state index contributed by atoms with van der Waals surface area (Å²) in [4.78, 5) is 13.5. The molecule has 0 saturated heterocycles. The van der Waals surface area contributed by atoms with Crippen LogP contribution in [0.4, 0.5) is 0 Å². The molecule has 230 valence electrons. The fourth-order valence-corrected chi connectivity index (χ4v) is 5.71. The quantitative estimate of drug-likeness (QED) is 0.0581. The molecule has 0 bridgehead atoms. The number of benzene rings is 2. The summed E-state index contributed by atoms with van der Waals surface area (Å²) in [6.45, 7) is 7.20. The van der Waals surface area contributed by atoms with Crippen molar-refractivity contribution in [3.05, 3.63) is 65.7 Å². The van der Waals surface area contributed by atoms with Gasteiger partial charge in [-0.2, -0.15) is 0 Å². The number of para-hydroxylation sites is 1. The van der Waals surface area contributed by atoms with Crippen molar-refractivity contribution >= 4 is 5.97 Å². The van der Waals surface area contributed by atoms with Crippen molar-refractivity contribution in [1.29, 1.82) is 0 Å². The zero-order valence-electron chi connectivity index (χ0n) is 27.0. The lowest BCUT2D eigenvalue weighted by molar-refractivity contribution is -0.920. The van der Waals surface area contributed by atoms with E-state index < -0.39 is 6.29 Å². The fourth-order valence-electron chi connectivity index (χ4n) is 5.71. The third-order valence-corrected chi connectivity index (χ3v) is 8.22. The van der Waals surface area contributed by atoms with Gasteiger partial charge in [0.25, 0.3) is 0 Å². The van der Waals surface area contributed by atoms with Gasteiger partial charge in [0.2, 0.25) is 6.29 Å². The Morgan fingerprint density at radius 1 is 0.707 bits per heavy atom. The van der Waals surface area contributed by atoms with Crippen molar-refractivity contribution < 1.29 is 18.8 Å². The normalized spacial score (nSPS) is 13.1. The summed E-state index contributed by atoms with van der Waals surface area (Å²) in [5.41, 5.74) is 2.43. The zero-order chi connectivity index (χ0) is 29.8. The van der Waals surface area contributed by atoms with Gasteiger partial charge in [0.15, 0.2) is 6.04 Å². The minimum Gasteiger partial charge on any atom is -0.455 e. The molecule has 2 aromatic carbocycles. The van der Waals surface area contributed by atoms with Gasteiger partial charge in [-0.25, -0.2) is 4.79 Å². The van der Waals surface area contributed by atoms with Crippen LogP contribution in [0.1, 0.15) is 128 Å². The number of esters is 1. The van der Waals surface area contributed by atoms with Gasteiger partial charge in [-0.15, -0.1) is 0 Å². The molecular formula is C37H60NO3+. The Labute approximate surface area is 252 Å². The van der Waals surface area contributed by atoms with Crippen LogP contribution in [-0.4, -0.2) is 36.9 Å². The lowest BCUT2D eigenvalue weighted by Crippen LogP contribution is -2.53. The van der Waals surface area contributed by atoms with E-state index in [1.807, 2.05) is 25.1 Å². The van der Waals surface area contributed by atoms with Crippen molar-refractivity contribution in [2.45, 2.75) is 142 Å². The highest BCUT2D eigenvalue weighted by molar-refractivity contribution is 5.74. The monoisotopic (exact) mass is 566 g/mol. The second-order valence-electron chi connectivity index (χ2n) is 12.4. The van der Waals surface area contributed by atoms with Gasteiger partial charge in [-0.1, -0.05) is 140 Å². The fraction of sp³-hybridized carbons (Fsp3) is 0.649. The first-order chi connectivity index (χ1) is 19.9. The maximum atomic E-state index is 13.5. The molecule has 0 saturated carbocycles. The number of unbranched alkanes of at least 4 members (excludes halogenated alkanes) is 11. The summed E-state index contributed by atoms with van der Waals surface area (Å²) in [7, 11) is 4.25. The zero-order valence-corrected chi connectivity index (χ0v) is 27.0. The maximum Gasteiger partial charge on any atom is 0.368 e. The first-order valence-corrected chi connectivity index (χ1v) is 16.7. The Bertz CT molecular complexity index is 942. The highest BCUT2D eigenvalue weighted by atomic mass is 16.7. The van der Waals surface area contributed by atoms with Crippen LogP contribution in [0.2, 0.25) is 0 Å². The van der Waals surface area contributed by atoms with Crippen LogP contribution < -0.4 is 4.74 Å². The topological polar surface area (TPSA) is 35.5 Å². The Kier molecular flexibility index (Phi) is 17.5. The van der Waals surface area contributed by atoms with Crippen LogP contribution in [0.15, 0.2) is 54.6 Å². The summed E-state index contributed by atoms with van der Waals surface area (Å²) in [6.07, 6.45) is 18.9. The molecule has 2 atom stereocenters. The number of carbonyl (C=O) groups excluding carboxylic acids is 1. The van der Waals surface area contributed by atoms with Crippen LogP contribution in [0, 0.1) is 0 Å². The lowest BCUT2D eigenvalue weighted by Gasteiger charge is -2.37. The maximum absolute atomic E-state index is 13.5. The van der Waals surface area contributed by atoms with Crippen molar-refractivity contribution in [2.24, 2.45) is 0 Å². The molecule has 2 rings (SSSR count). The summed E-state index contributed by atoms with van der Waals surface area (Å²) >= 11 is 0. The third-order valence-electron chi connectivity index (χ3n) is 8.22. The SMILES string of the molecule is CCCCCCCCCCCCCCc1ccccc1OC(CC)OC(=O)C(CCC)[N+](C)(C)Cc1ccccc1. The number of ether oxygens (including phenoxy) is 2. The van der Waals surface area contributed by atoms with E-state index in [2.05, 4.69) is 64.3 Å². The molecule has 4 heteroatoms. The molecule has 0 aliphatic carbocycles. The molecule has 0 radical (unpaired) electrons. The van der Waals surface area contributed by atoms with Crippen molar-refractivity contribution in [3.63, 3.8) is 0 Å². The van der Waals surface area contributed by atoms with E-state index >= 15 is 0 Å². The summed E-state index contributed by atoms with van der Waals surface area (Å²) in [5.74, 6) is 0.679. The van der Waals surface area contributed by atoms with E-state index in [0.29, 0.717) is 10.9 Å². The minimum atomic E-state index is -0.582. The molecule has 41 heavy (non-hydrogen) atoms. The number of carbonyl (C=O) groups is 1. The number of aryl methyl sites for hydroxylation is 1. The molecular weight excluding hydrogens is 506 g/mol. The van der Waals surface area contributed by atoms with E-state index in [1.165, 1.54) is 81.8 Å². The molecule has 0 aliphatic heterocycles. The van der Waals surface area contributed by atoms with E-state index in [0.717, 1.165) is 38.0 Å². The Hall–Kier alpha value is -2.33. The van der Waals surface area contributed by atoms with Crippen molar-refractivity contribution in [1.82, 2.24) is 0 Å². The van der Waals surface area contributed by atoms with E-state index in [9.17, 15) is 4.79 Å². The standard InChI is InChI=1S/C37H60NO3/c1-6-9-10-11-12-13-14-15-16-17-18-22-28-33-29-23-24-30-35(33)40-36(8-3)41-37(39)34(25-7-2)38(4,5)31-32-26-20-19-21-27-32/h19-21,23-24,26-27,29-30,34,36H,6-18,22,25,28,31H2,1-5H3/q+1. The Morgan fingerprint density at radius 2 is 1.27 bits per heavy atom. The van der Waals surface area contributed by atoms with Crippen LogP contribution in [0.3, 0.4) is 0 Å². The van der Waals surface area contributed by atoms with Crippen LogP contribution in [0.5, 0.6) is 5.75 Å². The molecule has 0 fully saturated rings. The lowest BCUT2D eigenvalue weighted by atomic mass is 10.0. The van der Waals surface area contributed by atoms with E-state index in [-0.39, 0.29) is 12.0 Å². The second-order valence-corrected chi connectivity index (χ2v) is 12.4. The molecule has 0 heterocycles. The highest BCUT2D eigenvalue weighted by Gasteiger charge is 2.37.